The zero-order valence-corrected chi connectivity index (χ0v) is 27.9. The minimum Gasteiger partial charge on any atom is -0.465 e. The number of fused-ring (bicyclic) bond motifs is 1. The molecule has 47 heavy (non-hydrogen) atoms. The maximum absolute atomic E-state index is 15.3. The molecule has 1 saturated heterocycles. The monoisotopic (exact) mass is 654 g/mol. The Bertz CT molecular complexity index is 1520. The topological polar surface area (TPSA) is 158 Å². The van der Waals surface area contributed by atoms with E-state index in [4.69, 9.17) is 28.4 Å². The highest BCUT2D eigenvalue weighted by Gasteiger charge is 2.82. The van der Waals surface area contributed by atoms with Crippen LogP contribution in [-0.4, -0.2) is 77.4 Å². The van der Waals surface area contributed by atoms with Crippen molar-refractivity contribution in [1.82, 2.24) is 0 Å². The molecule has 4 aliphatic rings. The van der Waals surface area contributed by atoms with Gasteiger partial charge in [-0.25, -0.2) is 4.79 Å². The van der Waals surface area contributed by atoms with Crippen LogP contribution in [0.2, 0.25) is 0 Å². The molecular weight excluding hydrogens is 612 g/mol. The molecule has 1 aliphatic heterocycles. The van der Waals surface area contributed by atoms with Crippen molar-refractivity contribution in [3.63, 3.8) is 0 Å². The van der Waals surface area contributed by atoms with E-state index in [0.29, 0.717) is 0 Å². The molecule has 10 unspecified atom stereocenters. The van der Waals surface area contributed by atoms with Crippen molar-refractivity contribution in [2.45, 2.75) is 96.9 Å². The second-order valence-electron chi connectivity index (χ2n) is 13.9. The zero-order valence-electron chi connectivity index (χ0n) is 27.9. The zero-order chi connectivity index (χ0) is 34.7. The number of esters is 5. The Hall–Kier alpha value is -4.06. The number of ketones is 1. The van der Waals surface area contributed by atoms with Crippen molar-refractivity contribution in [2.75, 3.05) is 6.61 Å². The van der Waals surface area contributed by atoms with Gasteiger partial charge in [-0.15, -0.1) is 0 Å². The fraction of sp³-hybridized carbons (Fsp3) is 0.600. The van der Waals surface area contributed by atoms with E-state index in [1.807, 2.05) is 0 Å². The van der Waals surface area contributed by atoms with E-state index in [1.54, 1.807) is 70.2 Å². The van der Waals surface area contributed by atoms with Gasteiger partial charge >= 0.3 is 29.8 Å². The highest BCUT2D eigenvalue weighted by molar-refractivity contribution is 5.98. The van der Waals surface area contributed by atoms with Gasteiger partial charge in [0.15, 0.2) is 5.60 Å². The summed E-state index contributed by atoms with van der Waals surface area (Å²) >= 11 is 0. The van der Waals surface area contributed by atoms with Crippen LogP contribution in [0, 0.1) is 29.1 Å². The highest BCUT2D eigenvalue weighted by Crippen LogP contribution is 2.67. The highest BCUT2D eigenvalue weighted by atomic mass is 16.6. The summed E-state index contributed by atoms with van der Waals surface area (Å²) in [5.74, 6) is -7.69. The molecule has 0 N–H and O–H groups in total. The van der Waals surface area contributed by atoms with Crippen molar-refractivity contribution in [2.24, 2.45) is 29.1 Å². The Kier molecular flexibility index (Phi) is 8.66. The SMILES string of the molecule is CC(=O)OCC12C(OC(=O)c3ccccc3)C=CC3C1C(C)(OC3(C)C)C(=O)C1(OC(C)=O)CC(C)C(OC(C)=O)C1C2OC(C)=O. The maximum atomic E-state index is 15.3. The first kappa shape index (κ1) is 34.3. The summed E-state index contributed by atoms with van der Waals surface area (Å²) in [5.41, 5.74) is -6.30. The third kappa shape index (κ3) is 5.44. The van der Waals surface area contributed by atoms with Gasteiger partial charge in [-0.3, -0.25) is 24.0 Å². The van der Waals surface area contributed by atoms with Crippen LogP contribution in [0.1, 0.15) is 72.2 Å². The van der Waals surface area contributed by atoms with E-state index in [-0.39, 0.29) is 12.0 Å². The predicted octanol–water partition coefficient (Wildman–Crippen LogP) is 3.54. The number of rotatable bonds is 7. The van der Waals surface area contributed by atoms with Crippen LogP contribution < -0.4 is 0 Å². The lowest BCUT2D eigenvalue weighted by Gasteiger charge is -2.53. The number of carbonyl (C=O) groups is 6. The average Bonchev–Trinajstić information content (AvgIpc) is 3.34. The molecule has 254 valence electrons. The minimum absolute atomic E-state index is 0.0892. The van der Waals surface area contributed by atoms with Gasteiger partial charge in [0.05, 0.1) is 22.5 Å². The number of benzene rings is 1. The molecule has 0 radical (unpaired) electrons. The van der Waals surface area contributed by atoms with Crippen molar-refractivity contribution >= 4 is 35.6 Å². The van der Waals surface area contributed by atoms with Gasteiger partial charge in [0.1, 0.15) is 30.5 Å². The van der Waals surface area contributed by atoms with Gasteiger partial charge in [0.2, 0.25) is 5.78 Å². The number of hydrogen-bond acceptors (Lipinski definition) is 12. The average molecular weight is 655 g/mol. The molecule has 2 saturated carbocycles. The Balaban J connectivity index is 1.88. The van der Waals surface area contributed by atoms with Crippen LogP contribution in [0.15, 0.2) is 42.5 Å². The normalized spacial score (nSPS) is 37.9. The van der Waals surface area contributed by atoms with Gasteiger partial charge < -0.3 is 28.4 Å². The van der Waals surface area contributed by atoms with Crippen LogP contribution in [0.5, 0.6) is 0 Å². The number of Topliss-reactive ketones (excluding diaryl/α,β-unsaturated/α-hetero) is 1. The maximum Gasteiger partial charge on any atom is 0.338 e. The Morgan fingerprint density at radius 1 is 0.851 bits per heavy atom. The van der Waals surface area contributed by atoms with Crippen LogP contribution in [-0.2, 0) is 52.4 Å². The summed E-state index contributed by atoms with van der Waals surface area (Å²) in [6.07, 6.45) is -0.502. The lowest BCUT2D eigenvalue weighted by Crippen LogP contribution is -2.64. The van der Waals surface area contributed by atoms with Crippen molar-refractivity contribution < 1.29 is 57.2 Å². The van der Waals surface area contributed by atoms with E-state index >= 15 is 4.79 Å². The molecule has 12 heteroatoms. The van der Waals surface area contributed by atoms with Crippen LogP contribution in [0.4, 0.5) is 0 Å². The van der Waals surface area contributed by atoms with Gasteiger partial charge in [0.25, 0.3) is 0 Å². The fourth-order valence-corrected chi connectivity index (χ4v) is 9.02. The van der Waals surface area contributed by atoms with Crippen molar-refractivity contribution in [3.8, 4) is 0 Å². The summed E-state index contributed by atoms with van der Waals surface area (Å²) in [4.78, 5) is 80.2. The fourth-order valence-electron chi connectivity index (χ4n) is 9.02. The summed E-state index contributed by atoms with van der Waals surface area (Å²) in [6, 6.07) is 8.23. The predicted molar refractivity (Wildman–Crippen MR) is 162 cm³/mol. The number of ether oxygens (including phenoxy) is 6. The first-order valence-corrected chi connectivity index (χ1v) is 15.8. The van der Waals surface area contributed by atoms with E-state index < -0.39 is 106 Å². The van der Waals surface area contributed by atoms with E-state index in [1.165, 1.54) is 20.8 Å². The number of carbonyl (C=O) groups excluding carboxylic acids is 6. The number of hydrogen-bond donors (Lipinski definition) is 0. The molecule has 1 aromatic rings. The molecule has 1 aromatic carbocycles. The first-order valence-electron chi connectivity index (χ1n) is 15.8. The van der Waals surface area contributed by atoms with Crippen LogP contribution in [0.3, 0.4) is 0 Å². The molecule has 0 aromatic heterocycles. The van der Waals surface area contributed by atoms with Gasteiger partial charge in [-0.05, 0) is 44.9 Å². The molecule has 5 rings (SSSR count). The molecule has 3 aliphatic carbocycles. The van der Waals surface area contributed by atoms with Gasteiger partial charge in [-0.1, -0.05) is 31.2 Å². The van der Waals surface area contributed by atoms with Crippen molar-refractivity contribution in [1.29, 1.82) is 0 Å². The Labute approximate surface area is 273 Å². The molecule has 0 amide bonds. The Morgan fingerprint density at radius 3 is 2.06 bits per heavy atom. The smallest absolute Gasteiger partial charge is 0.338 e. The van der Waals surface area contributed by atoms with Crippen LogP contribution in [0.25, 0.3) is 0 Å². The molecule has 0 bridgehead atoms. The standard InChI is InChI=1S/C35H42O12/c1-18-16-35(46-22(5)39)26(27(18)43-20(3)37)29(44-21(4)38)34(17-42-19(2)36)25(45-30(40)23-12-10-9-11-13-23)15-14-24-28(34)33(8,31(35)41)47-32(24,6)7/h9-15,18,24-29H,16-17H2,1-8H3. The quantitative estimate of drug-likeness (QED) is 0.240. The molecule has 3 fully saturated rings. The summed E-state index contributed by atoms with van der Waals surface area (Å²) in [5, 5.41) is 0. The molecular formula is C35H42O12. The molecule has 12 nitrogen and oxygen atoms in total. The third-order valence-electron chi connectivity index (χ3n) is 10.3. The summed E-state index contributed by atoms with van der Waals surface area (Å²) in [7, 11) is 0. The molecule has 1 heterocycles. The van der Waals surface area contributed by atoms with E-state index in [0.717, 1.165) is 6.92 Å². The second-order valence-corrected chi connectivity index (χ2v) is 13.9. The lowest BCUT2D eigenvalue weighted by atomic mass is 9.54. The van der Waals surface area contributed by atoms with E-state index in [2.05, 4.69) is 0 Å². The largest absolute Gasteiger partial charge is 0.465 e. The third-order valence-corrected chi connectivity index (χ3v) is 10.3. The van der Waals surface area contributed by atoms with Crippen molar-refractivity contribution in [3.05, 3.63) is 48.0 Å². The minimum atomic E-state index is -2.01. The lowest BCUT2D eigenvalue weighted by molar-refractivity contribution is -0.213. The Morgan fingerprint density at radius 2 is 1.49 bits per heavy atom. The molecule has 0 spiro atoms. The van der Waals surface area contributed by atoms with Crippen LogP contribution >= 0.6 is 0 Å². The second kappa shape index (κ2) is 11.9. The first-order chi connectivity index (χ1) is 21.9. The van der Waals surface area contributed by atoms with Gasteiger partial charge in [0, 0.05) is 46.0 Å². The van der Waals surface area contributed by atoms with Gasteiger partial charge in [-0.2, -0.15) is 0 Å². The van der Waals surface area contributed by atoms with E-state index in [9.17, 15) is 24.0 Å². The summed E-state index contributed by atoms with van der Waals surface area (Å²) < 4.78 is 36.8. The summed E-state index contributed by atoms with van der Waals surface area (Å²) in [6.45, 7) is 11.2. The molecule has 10 atom stereocenters.